The smallest absolute Gasteiger partial charge is 0.460 e. The summed E-state index contributed by atoms with van der Waals surface area (Å²) in [6.07, 6.45) is -23.4. The van der Waals surface area contributed by atoms with E-state index < -0.39 is 152 Å². The molecular weight excluding hydrogens is 1250 g/mol. The summed E-state index contributed by atoms with van der Waals surface area (Å²) in [5, 5.41) is 0. The predicted molar refractivity (Wildman–Crippen MR) is 223 cm³/mol. The quantitative estimate of drug-likeness (QED) is 0.0489. The lowest BCUT2D eigenvalue weighted by Gasteiger charge is -2.42. The van der Waals surface area contributed by atoms with Gasteiger partial charge in [0.25, 0.3) is 0 Å². The Morgan fingerprint density at radius 1 is 0.321 bits per heavy atom. The van der Waals surface area contributed by atoms with Crippen LogP contribution in [-0.4, -0.2) is 108 Å². The van der Waals surface area contributed by atoms with Gasteiger partial charge in [-0.2, -0.15) is 149 Å². The fraction of sp³-hybridized carbons (Fsp3) is 0.625. The third-order valence-corrected chi connectivity index (χ3v) is 13.1. The molecule has 482 valence electrons. The molecule has 2 nitrogen and oxygen atoms in total. The lowest BCUT2D eigenvalue weighted by atomic mass is 9.77. The lowest BCUT2D eigenvalue weighted by molar-refractivity contribution is -0.461. The second-order valence-electron chi connectivity index (χ2n) is 19.0. The molecule has 0 aliphatic carbocycles. The largest absolute Gasteiger partial charge is 0.494 e. The van der Waals surface area contributed by atoms with Crippen LogP contribution in [0.2, 0.25) is 0 Å². The fourth-order valence-corrected chi connectivity index (χ4v) is 7.76. The Bertz CT molecular complexity index is 2440. The van der Waals surface area contributed by atoms with Crippen LogP contribution >= 0.6 is 0 Å². The minimum atomic E-state index is -8.81. The normalized spacial score (nSPS) is 15.8. The van der Waals surface area contributed by atoms with Crippen LogP contribution in [0.3, 0.4) is 0 Å². The van der Waals surface area contributed by atoms with Crippen molar-refractivity contribution < 1.29 is 159 Å². The summed E-state index contributed by atoms with van der Waals surface area (Å²) in [4.78, 5) is 0. The van der Waals surface area contributed by atoms with Crippen LogP contribution in [0, 0.1) is 5.92 Å². The van der Waals surface area contributed by atoms with Crippen molar-refractivity contribution >= 4 is 0 Å². The summed E-state index contributed by atoms with van der Waals surface area (Å²) in [6.45, 7) is 1.15. The molecule has 3 aromatic rings. The van der Waals surface area contributed by atoms with E-state index in [9.17, 15) is 149 Å². The Hall–Kier alpha value is -5.12. The minimum Gasteiger partial charge on any atom is -0.494 e. The average molecular weight is 1290 g/mol. The van der Waals surface area contributed by atoms with Crippen LogP contribution in [0.1, 0.15) is 87.3 Å². The number of benzene rings is 3. The fourth-order valence-electron chi connectivity index (χ4n) is 7.76. The molecule has 0 amide bonds. The Kier molecular flexibility index (Phi) is 20.8. The maximum Gasteiger partial charge on any atom is 0.460 e. The zero-order valence-electron chi connectivity index (χ0n) is 41.8. The first kappa shape index (κ1) is 73.1. The summed E-state index contributed by atoms with van der Waals surface area (Å²) in [5.41, 5.74) is 1.35. The molecule has 0 bridgehead atoms. The number of alkyl halides is 34. The molecule has 3 rings (SSSR count). The van der Waals surface area contributed by atoms with Crippen molar-refractivity contribution in [3.05, 3.63) is 95.6 Å². The van der Waals surface area contributed by atoms with E-state index in [2.05, 4.69) is 0 Å². The van der Waals surface area contributed by atoms with E-state index in [1.54, 1.807) is 30.3 Å². The number of rotatable bonds is 30. The van der Waals surface area contributed by atoms with Crippen LogP contribution < -0.4 is 9.47 Å². The predicted octanol–water partition coefficient (Wildman–Crippen LogP) is 19.8. The molecule has 0 heterocycles. The van der Waals surface area contributed by atoms with E-state index in [0.29, 0.717) is 24.0 Å². The van der Waals surface area contributed by atoms with Gasteiger partial charge in [0.15, 0.2) is 0 Å². The molecule has 36 heteroatoms. The van der Waals surface area contributed by atoms with Crippen molar-refractivity contribution in [3.63, 3.8) is 0 Å². The summed E-state index contributed by atoms with van der Waals surface area (Å²) in [6, 6.07) is 17.6. The maximum absolute atomic E-state index is 14.5. The highest BCUT2D eigenvalue weighted by molar-refractivity contribution is 5.39. The number of hydrogen-bond donors (Lipinski definition) is 0. The van der Waals surface area contributed by atoms with E-state index >= 15 is 0 Å². The van der Waals surface area contributed by atoms with Gasteiger partial charge >= 0.3 is 95.3 Å². The van der Waals surface area contributed by atoms with Crippen LogP contribution in [0.15, 0.2) is 78.9 Å². The molecule has 0 fully saturated rings. The van der Waals surface area contributed by atoms with Gasteiger partial charge < -0.3 is 9.47 Å². The Labute approximate surface area is 450 Å². The molecule has 0 saturated heterocycles. The van der Waals surface area contributed by atoms with Crippen molar-refractivity contribution in [2.75, 3.05) is 13.2 Å². The molecule has 0 aliphatic heterocycles. The van der Waals surface area contributed by atoms with Crippen molar-refractivity contribution in [2.45, 2.75) is 166 Å². The molecule has 3 aromatic carbocycles. The summed E-state index contributed by atoms with van der Waals surface area (Å²) in [7, 11) is 0. The van der Waals surface area contributed by atoms with Crippen LogP contribution in [-0.2, 0) is 0 Å². The number of ether oxygens (including phenoxy) is 2. The topological polar surface area (TPSA) is 18.5 Å². The Morgan fingerprint density at radius 2 is 0.595 bits per heavy atom. The molecule has 84 heavy (non-hydrogen) atoms. The summed E-state index contributed by atoms with van der Waals surface area (Å²) in [5.74, 6) is -117. The first-order valence-electron chi connectivity index (χ1n) is 23.4. The molecular formula is C48H40F34O2. The van der Waals surface area contributed by atoms with Gasteiger partial charge in [-0.25, -0.2) is 0 Å². The van der Waals surface area contributed by atoms with Gasteiger partial charge in [-0.15, -0.1) is 0 Å². The third-order valence-electron chi connectivity index (χ3n) is 13.1. The third kappa shape index (κ3) is 12.7. The molecule has 0 spiro atoms. The standard InChI is InChI=1S/C48H40F34O2/c1-3-25(2)23-29(26-9-5-4-6-10-26)24-32(27-11-15-30(16-12-27)83-21-7-19-33(49,50)35(53,54)37(57,58)39(61,62)41(65,66)43(69,70)45(73,74)47(77,78)79)28-13-17-31(18-14-28)84-22-8-20-34(51,52)36(55,56)38(59,60)40(63,64)42(67,68)44(71,72)46(75,76)48(80,81)82/h4-6,9-18,25,29,32H,3,7-8,19-24H2,1-2H3. The van der Waals surface area contributed by atoms with Gasteiger partial charge in [-0.3, -0.25) is 0 Å². The van der Waals surface area contributed by atoms with Crippen LogP contribution in [0.5, 0.6) is 11.5 Å². The number of halogens is 34. The molecule has 0 radical (unpaired) electrons. The minimum absolute atomic E-state index is 0.0245. The van der Waals surface area contributed by atoms with Gasteiger partial charge in [-0.1, -0.05) is 74.9 Å². The zero-order chi connectivity index (χ0) is 65.6. The number of hydrogen-bond acceptors (Lipinski definition) is 2. The molecule has 0 aromatic heterocycles. The maximum atomic E-state index is 14.5. The van der Waals surface area contributed by atoms with Gasteiger partial charge in [0.05, 0.1) is 13.2 Å². The Morgan fingerprint density at radius 3 is 0.869 bits per heavy atom. The highest BCUT2D eigenvalue weighted by atomic mass is 19.4. The molecule has 0 saturated carbocycles. The van der Waals surface area contributed by atoms with E-state index in [4.69, 9.17) is 9.47 Å². The lowest BCUT2D eigenvalue weighted by Crippen LogP contribution is -2.74. The monoisotopic (exact) mass is 1290 g/mol. The van der Waals surface area contributed by atoms with E-state index in [1.807, 2.05) is 13.8 Å². The van der Waals surface area contributed by atoms with Gasteiger partial charge in [0, 0.05) is 18.8 Å². The highest BCUT2D eigenvalue weighted by Gasteiger charge is 2.97. The van der Waals surface area contributed by atoms with Gasteiger partial charge in [-0.05, 0) is 78.5 Å². The van der Waals surface area contributed by atoms with Crippen molar-refractivity contribution in [3.8, 4) is 11.5 Å². The molecule has 0 aliphatic rings. The zero-order valence-corrected chi connectivity index (χ0v) is 41.8. The summed E-state index contributed by atoms with van der Waals surface area (Å²) >= 11 is 0. The average Bonchev–Trinajstić information content (AvgIpc) is 1.14. The van der Waals surface area contributed by atoms with E-state index in [1.165, 1.54) is 24.3 Å². The first-order chi connectivity index (χ1) is 37.4. The molecule has 0 N–H and O–H groups in total. The van der Waals surface area contributed by atoms with Crippen LogP contribution in [0.4, 0.5) is 149 Å². The highest BCUT2D eigenvalue weighted by Crippen LogP contribution is 2.66. The second-order valence-corrected chi connectivity index (χ2v) is 19.0. The van der Waals surface area contributed by atoms with Crippen molar-refractivity contribution in [1.82, 2.24) is 0 Å². The van der Waals surface area contributed by atoms with Crippen molar-refractivity contribution in [1.29, 1.82) is 0 Å². The van der Waals surface area contributed by atoms with Crippen molar-refractivity contribution in [2.24, 2.45) is 5.92 Å². The van der Waals surface area contributed by atoms with Gasteiger partial charge in [0.1, 0.15) is 11.5 Å². The van der Waals surface area contributed by atoms with E-state index in [0.717, 1.165) is 29.8 Å². The SMILES string of the molecule is CCC(C)CC(CC(c1ccc(OCCCC(F)(F)C(F)(F)C(F)(F)C(F)(F)C(F)(F)C(F)(F)C(F)(F)C(F)(F)F)cc1)c1ccc(OCCCC(F)(F)C(F)(F)C(F)(F)C(F)(F)C(F)(F)C(F)(F)C(F)(F)C(F)(F)F)cc1)c1ccccc1. The van der Waals surface area contributed by atoms with Crippen LogP contribution in [0.25, 0.3) is 0 Å². The second kappa shape index (κ2) is 23.9. The molecule has 2 unspecified atom stereocenters. The molecule has 2 atom stereocenters. The van der Waals surface area contributed by atoms with E-state index in [-0.39, 0.29) is 18.3 Å². The Balaban J connectivity index is 1.86. The summed E-state index contributed by atoms with van der Waals surface area (Å²) < 4.78 is 475. The first-order valence-corrected chi connectivity index (χ1v) is 23.4. The van der Waals surface area contributed by atoms with Gasteiger partial charge in [0.2, 0.25) is 0 Å².